The largest absolute Gasteiger partial charge is 0.381 e. The summed E-state index contributed by atoms with van der Waals surface area (Å²) in [5.74, 6) is 0.946. The summed E-state index contributed by atoms with van der Waals surface area (Å²) in [6.07, 6.45) is 4.29. The van der Waals surface area contributed by atoms with Gasteiger partial charge in [-0.1, -0.05) is 43.1 Å². The molecule has 5 heteroatoms. The SMILES string of the molecule is CCCCN(C)C(=NC)NCC1(c2ccccc2Cl)CCOCC1. The number of nitrogens with zero attached hydrogens (tertiary/aromatic N) is 2. The van der Waals surface area contributed by atoms with E-state index in [0.29, 0.717) is 0 Å². The Labute approximate surface area is 151 Å². The monoisotopic (exact) mass is 351 g/mol. The predicted molar refractivity (Wildman–Crippen MR) is 102 cm³/mol. The van der Waals surface area contributed by atoms with Gasteiger partial charge in [0.05, 0.1) is 0 Å². The second-order valence-electron chi connectivity index (χ2n) is 6.55. The Balaban J connectivity index is 2.13. The van der Waals surface area contributed by atoms with Crippen LogP contribution >= 0.6 is 11.6 Å². The van der Waals surface area contributed by atoms with Gasteiger partial charge < -0.3 is 15.0 Å². The molecule has 0 aromatic heterocycles. The Morgan fingerprint density at radius 3 is 2.67 bits per heavy atom. The van der Waals surface area contributed by atoms with Crippen LogP contribution in [0.25, 0.3) is 0 Å². The fourth-order valence-electron chi connectivity index (χ4n) is 3.33. The van der Waals surface area contributed by atoms with Gasteiger partial charge in [0, 0.05) is 50.8 Å². The minimum Gasteiger partial charge on any atom is -0.381 e. The lowest BCUT2D eigenvalue weighted by Gasteiger charge is -2.39. The molecule has 1 aliphatic heterocycles. The van der Waals surface area contributed by atoms with Crippen LogP contribution in [0, 0.1) is 0 Å². The van der Waals surface area contributed by atoms with Crippen molar-refractivity contribution in [3.05, 3.63) is 34.9 Å². The second-order valence-corrected chi connectivity index (χ2v) is 6.96. The zero-order valence-corrected chi connectivity index (χ0v) is 15.9. The molecule has 1 heterocycles. The molecular weight excluding hydrogens is 322 g/mol. The molecule has 1 N–H and O–H groups in total. The molecule has 1 aromatic rings. The van der Waals surface area contributed by atoms with Crippen molar-refractivity contribution in [3.8, 4) is 0 Å². The van der Waals surface area contributed by atoms with Crippen LogP contribution in [0.15, 0.2) is 29.3 Å². The summed E-state index contributed by atoms with van der Waals surface area (Å²) in [6.45, 7) is 5.59. The number of unbranched alkanes of at least 4 members (excludes halogenated alkanes) is 1. The third kappa shape index (κ3) is 4.64. The van der Waals surface area contributed by atoms with Crippen molar-refractivity contribution in [2.24, 2.45) is 4.99 Å². The zero-order valence-electron chi connectivity index (χ0n) is 15.1. The number of aliphatic imine (C=N–C) groups is 1. The summed E-state index contributed by atoms with van der Waals surface area (Å²) in [6, 6.07) is 8.19. The number of nitrogens with one attached hydrogen (secondary N) is 1. The standard InChI is InChI=1S/C19H30ClN3O/c1-4-5-12-23(3)18(21-2)22-15-19(10-13-24-14-11-19)16-8-6-7-9-17(16)20/h6-9H,4-5,10-15H2,1-3H3,(H,21,22). The van der Waals surface area contributed by atoms with Gasteiger partial charge in [-0.25, -0.2) is 0 Å². The molecule has 1 saturated heterocycles. The third-order valence-electron chi connectivity index (χ3n) is 4.90. The lowest BCUT2D eigenvalue weighted by Crippen LogP contribution is -2.48. The van der Waals surface area contributed by atoms with Gasteiger partial charge in [-0.15, -0.1) is 0 Å². The van der Waals surface area contributed by atoms with E-state index in [1.165, 1.54) is 18.4 Å². The van der Waals surface area contributed by atoms with Crippen LogP contribution in [-0.4, -0.2) is 51.3 Å². The van der Waals surface area contributed by atoms with Crippen LogP contribution in [0.2, 0.25) is 5.02 Å². The molecule has 0 saturated carbocycles. The van der Waals surface area contributed by atoms with Crippen LogP contribution in [0.5, 0.6) is 0 Å². The highest BCUT2D eigenvalue weighted by atomic mass is 35.5. The van der Waals surface area contributed by atoms with Gasteiger partial charge in [-0.2, -0.15) is 0 Å². The Morgan fingerprint density at radius 1 is 1.33 bits per heavy atom. The van der Waals surface area contributed by atoms with E-state index >= 15 is 0 Å². The van der Waals surface area contributed by atoms with E-state index in [4.69, 9.17) is 16.3 Å². The highest BCUT2D eigenvalue weighted by Crippen LogP contribution is 2.38. The number of hydrogen-bond donors (Lipinski definition) is 1. The number of halogens is 1. The fourth-order valence-corrected chi connectivity index (χ4v) is 3.67. The van der Waals surface area contributed by atoms with Gasteiger partial charge in [-0.3, -0.25) is 4.99 Å². The van der Waals surface area contributed by atoms with Crippen molar-refractivity contribution >= 4 is 17.6 Å². The maximum absolute atomic E-state index is 6.52. The van der Waals surface area contributed by atoms with E-state index < -0.39 is 0 Å². The summed E-state index contributed by atoms with van der Waals surface area (Å²) < 4.78 is 5.61. The molecule has 2 rings (SSSR count). The first-order valence-corrected chi connectivity index (χ1v) is 9.25. The van der Waals surface area contributed by atoms with Crippen molar-refractivity contribution in [1.82, 2.24) is 10.2 Å². The van der Waals surface area contributed by atoms with Gasteiger partial charge in [0.25, 0.3) is 0 Å². The molecule has 1 aromatic carbocycles. The summed E-state index contributed by atoms with van der Waals surface area (Å²) in [4.78, 5) is 6.64. The molecule has 1 fully saturated rings. The Bertz CT molecular complexity index is 541. The summed E-state index contributed by atoms with van der Waals surface area (Å²) in [7, 11) is 3.94. The van der Waals surface area contributed by atoms with Crippen LogP contribution < -0.4 is 5.32 Å². The van der Waals surface area contributed by atoms with Crippen LogP contribution in [0.3, 0.4) is 0 Å². The predicted octanol–water partition coefficient (Wildman–Crippen LogP) is 3.70. The van der Waals surface area contributed by atoms with E-state index in [1.54, 1.807) is 0 Å². The van der Waals surface area contributed by atoms with Gasteiger partial charge >= 0.3 is 0 Å². The first-order valence-electron chi connectivity index (χ1n) is 8.87. The fraction of sp³-hybridized carbons (Fsp3) is 0.632. The highest BCUT2D eigenvalue weighted by molar-refractivity contribution is 6.31. The molecule has 134 valence electrons. The minimum absolute atomic E-state index is 0.00186. The number of ether oxygens (including phenoxy) is 1. The van der Waals surface area contributed by atoms with Crippen molar-refractivity contribution in [2.45, 2.75) is 38.0 Å². The van der Waals surface area contributed by atoms with E-state index in [9.17, 15) is 0 Å². The van der Waals surface area contributed by atoms with E-state index in [2.05, 4.69) is 41.3 Å². The molecule has 1 aliphatic rings. The molecule has 0 unspecified atom stereocenters. The average Bonchev–Trinajstić information content (AvgIpc) is 2.61. The molecule has 0 atom stereocenters. The molecule has 4 nitrogen and oxygen atoms in total. The molecule has 0 bridgehead atoms. The Morgan fingerprint density at radius 2 is 2.04 bits per heavy atom. The molecule has 0 amide bonds. The first-order chi connectivity index (χ1) is 11.6. The quantitative estimate of drug-likeness (QED) is 0.627. The molecular formula is C19H30ClN3O. The smallest absolute Gasteiger partial charge is 0.193 e. The number of benzene rings is 1. The van der Waals surface area contributed by atoms with Gasteiger partial charge in [0.1, 0.15) is 0 Å². The number of guanidine groups is 1. The summed E-state index contributed by atoms with van der Waals surface area (Å²) in [5.41, 5.74) is 1.21. The summed E-state index contributed by atoms with van der Waals surface area (Å²) >= 11 is 6.52. The van der Waals surface area contributed by atoms with Crippen molar-refractivity contribution in [1.29, 1.82) is 0 Å². The molecule has 24 heavy (non-hydrogen) atoms. The number of hydrogen-bond acceptors (Lipinski definition) is 2. The van der Waals surface area contributed by atoms with Crippen molar-refractivity contribution < 1.29 is 4.74 Å². The van der Waals surface area contributed by atoms with Crippen molar-refractivity contribution in [3.63, 3.8) is 0 Å². The average molecular weight is 352 g/mol. The van der Waals surface area contributed by atoms with Gasteiger partial charge in [-0.05, 0) is 30.9 Å². The first kappa shape index (κ1) is 19.1. The second kappa shape index (κ2) is 9.28. The lowest BCUT2D eigenvalue weighted by molar-refractivity contribution is 0.0512. The normalized spacial score (nSPS) is 17.6. The number of rotatable bonds is 6. The Kier molecular flexibility index (Phi) is 7.38. The molecule has 0 aliphatic carbocycles. The van der Waals surface area contributed by atoms with Crippen molar-refractivity contribution in [2.75, 3.05) is 40.4 Å². The van der Waals surface area contributed by atoms with Crippen LogP contribution in [0.4, 0.5) is 0 Å². The van der Waals surface area contributed by atoms with Crippen LogP contribution in [-0.2, 0) is 10.2 Å². The maximum Gasteiger partial charge on any atom is 0.193 e. The molecule has 0 spiro atoms. The zero-order chi connectivity index (χ0) is 17.4. The van der Waals surface area contributed by atoms with Crippen LogP contribution in [0.1, 0.15) is 38.2 Å². The highest BCUT2D eigenvalue weighted by Gasteiger charge is 2.36. The minimum atomic E-state index is -0.00186. The van der Waals surface area contributed by atoms with E-state index in [1.807, 2.05) is 19.2 Å². The third-order valence-corrected chi connectivity index (χ3v) is 5.23. The summed E-state index contributed by atoms with van der Waals surface area (Å²) in [5, 5.41) is 4.42. The van der Waals surface area contributed by atoms with Gasteiger partial charge in [0.2, 0.25) is 0 Å². The van der Waals surface area contributed by atoms with E-state index in [0.717, 1.165) is 50.1 Å². The van der Waals surface area contributed by atoms with Gasteiger partial charge in [0.15, 0.2) is 5.96 Å². The lowest BCUT2D eigenvalue weighted by atomic mass is 9.74. The molecule has 0 radical (unpaired) electrons. The van der Waals surface area contributed by atoms with E-state index in [-0.39, 0.29) is 5.41 Å². The topological polar surface area (TPSA) is 36.9 Å². The maximum atomic E-state index is 6.52. The Hall–Kier alpha value is -1.26.